The first kappa shape index (κ1) is 27.3. The maximum atomic E-state index is 13.3. The van der Waals surface area contributed by atoms with Crippen LogP contribution < -0.4 is 0 Å². The van der Waals surface area contributed by atoms with Gasteiger partial charge in [-0.2, -0.15) is 21.6 Å². The SMILES string of the molecule is O=[N+]([O-])c1ccc(CN2[C@@H]3CCCC[C@H]3N(Cc3ccc([N+](=O)[O-])cc3)P2OS(=O)(=O)C(F)(F)F)cc1. The molecule has 2 fully saturated rings. The second-order valence-electron chi connectivity index (χ2n) is 8.69. The summed E-state index contributed by atoms with van der Waals surface area (Å²) in [5.74, 6) is 0. The summed E-state index contributed by atoms with van der Waals surface area (Å²) in [6.07, 6.45) is 2.78. The van der Waals surface area contributed by atoms with Gasteiger partial charge in [-0.3, -0.25) is 20.2 Å². The third-order valence-corrected chi connectivity index (χ3v) is 9.97. The van der Waals surface area contributed by atoms with Crippen LogP contribution in [0, 0.1) is 20.2 Å². The van der Waals surface area contributed by atoms with Gasteiger partial charge in [0.1, 0.15) is 0 Å². The third-order valence-electron chi connectivity index (χ3n) is 6.33. The Morgan fingerprint density at radius 3 is 1.54 bits per heavy atom. The van der Waals surface area contributed by atoms with E-state index in [0.29, 0.717) is 24.0 Å². The van der Waals surface area contributed by atoms with Crippen molar-refractivity contribution < 1.29 is 35.4 Å². The Morgan fingerprint density at radius 2 is 1.22 bits per heavy atom. The van der Waals surface area contributed by atoms with E-state index in [1.54, 1.807) is 9.34 Å². The van der Waals surface area contributed by atoms with Crippen LogP contribution in [-0.4, -0.2) is 45.2 Å². The topological polar surface area (TPSA) is 136 Å². The van der Waals surface area contributed by atoms with Crippen LogP contribution in [0.4, 0.5) is 24.5 Å². The highest BCUT2D eigenvalue weighted by atomic mass is 32.2. The lowest BCUT2D eigenvalue weighted by atomic mass is 9.90. The summed E-state index contributed by atoms with van der Waals surface area (Å²) < 4.78 is 72.4. The molecule has 200 valence electrons. The Kier molecular flexibility index (Phi) is 7.81. The number of halogens is 3. The Bertz CT molecular complexity index is 1190. The van der Waals surface area contributed by atoms with Crippen molar-refractivity contribution in [2.75, 3.05) is 0 Å². The summed E-state index contributed by atoms with van der Waals surface area (Å²) in [5.41, 5.74) is -4.83. The first-order valence-electron chi connectivity index (χ1n) is 11.2. The molecule has 0 bridgehead atoms. The molecular weight excluding hydrogens is 540 g/mol. The molecule has 2 aromatic carbocycles. The summed E-state index contributed by atoms with van der Waals surface area (Å²) in [4.78, 5) is 20.8. The molecule has 1 saturated heterocycles. The number of rotatable bonds is 8. The highest BCUT2D eigenvalue weighted by Gasteiger charge is 2.56. The van der Waals surface area contributed by atoms with Crippen molar-refractivity contribution in [3.8, 4) is 0 Å². The number of benzene rings is 2. The Labute approximate surface area is 211 Å². The van der Waals surface area contributed by atoms with Crippen LogP contribution >= 0.6 is 8.45 Å². The highest BCUT2D eigenvalue weighted by Crippen LogP contribution is 2.61. The first-order chi connectivity index (χ1) is 17.4. The largest absolute Gasteiger partial charge is 0.523 e. The fraction of sp³-hybridized carbons (Fsp3) is 0.429. The average molecular weight is 562 g/mol. The van der Waals surface area contributed by atoms with E-state index >= 15 is 0 Å². The van der Waals surface area contributed by atoms with Gasteiger partial charge >= 0.3 is 15.6 Å². The molecule has 0 N–H and O–H groups in total. The van der Waals surface area contributed by atoms with Crippen LogP contribution in [0.25, 0.3) is 0 Å². The normalized spacial score (nSPS) is 21.6. The number of hydrogen-bond donors (Lipinski definition) is 0. The molecule has 1 heterocycles. The minimum Gasteiger partial charge on any atom is -0.258 e. The van der Waals surface area contributed by atoms with Crippen molar-refractivity contribution in [1.82, 2.24) is 9.34 Å². The minimum absolute atomic E-state index is 0.0228. The summed E-state index contributed by atoms with van der Waals surface area (Å²) in [7, 11) is -8.41. The van der Waals surface area contributed by atoms with Gasteiger partial charge in [0.25, 0.3) is 11.4 Å². The zero-order valence-corrected chi connectivity index (χ0v) is 20.9. The summed E-state index contributed by atoms with van der Waals surface area (Å²) in [5, 5.41) is 22.0. The van der Waals surface area contributed by atoms with E-state index in [2.05, 4.69) is 0 Å². The molecule has 0 radical (unpaired) electrons. The number of hydrogen-bond acceptors (Lipinski definition) is 9. The van der Waals surface area contributed by atoms with Gasteiger partial charge in [-0.25, -0.2) is 13.3 Å². The van der Waals surface area contributed by atoms with Gasteiger partial charge in [-0.15, -0.1) is 0 Å². The van der Waals surface area contributed by atoms with Crippen LogP contribution in [0.15, 0.2) is 48.5 Å². The molecule has 1 saturated carbocycles. The highest BCUT2D eigenvalue weighted by molar-refractivity contribution is 7.91. The Hall–Kier alpha value is -2.71. The molecule has 0 amide bonds. The molecule has 0 spiro atoms. The standard InChI is InChI=1S/C21H22F3N4O7PS/c22-21(23,24)37(33,34)35-36-25(13-15-5-9-17(10-6-15)27(29)30)19-3-1-2-4-20(19)26(36)14-16-7-11-18(12-8-16)28(31)32/h5-12,19-20H,1-4,13-14H2/t19-,20-/m1/s1. The van der Waals surface area contributed by atoms with Gasteiger partial charge < -0.3 is 0 Å². The number of nitro groups is 2. The first-order valence-corrected chi connectivity index (χ1v) is 13.8. The summed E-state index contributed by atoms with van der Waals surface area (Å²) >= 11 is 0. The molecule has 4 rings (SSSR count). The van der Waals surface area contributed by atoms with Gasteiger partial charge in [0, 0.05) is 49.4 Å². The van der Waals surface area contributed by atoms with Gasteiger partial charge in [-0.1, -0.05) is 37.1 Å². The second-order valence-corrected chi connectivity index (χ2v) is 12.2. The molecule has 11 nitrogen and oxygen atoms in total. The van der Waals surface area contributed by atoms with Crippen LogP contribution in [0.2, 0.25) is 0 Å². The smallest absolute Gasteiger partial charge is 0.258 e. The second kappa shape index (κ2) is 10.6. The van der Waals surface area contributed by atoms with Crippen LogP contribution in [0.3, 0.4) is 0 Å². The molecule has 2 aliphatic rings. The van der Waals surface area contributed by atoms with E-state index in [4.69, 9.17) is 3.97 Å². The molecule has 2 aromatic rings. The lowest BCUT2D eigenvalue weighted by Crippen LogP contribution is -2.39. The van der Waals surface area contributed by atoms with E-state index < -0.39 is 33.9 Å². The summed E-state index contributed by atoms with van der Waals surface area (Å²) in [6.45, 7) is 0.0456. The van der Waals surface area contributed by atoms with Gasteiger partial charge in [0.15, 0.2) is 0 Å². The molecule has 1 aliphatic heterocycles. The van der Waals surface area contributed by atoms with Gasteiger partial charge in [0.2, 0.25) is 8.45 Å². The predicted molar refractivity (Wildman–Crippen MR) is 126 cm³/mol. The van der Waals surface area contributed by atoms with Gasteiger partial charge in [-0.05, 0) is 24.0 Å². The molecule has 0 unspecified atom stereocenters. The fourth-order valence-electron chi connectivity index (χ4n) is 4.58. The molecular formula is C21H22F3N4O7PS. The van der Waals surface area contributed by atoms with Gasteiger partial charge in [0.05, 0.1) is 9.85 Å². The molecule has 1 aliphatic carbocycles. The van der Waals surface area contributed by atoms with E-state index in [1.165, 1.54) is 48.5 Å². The average Bonchev–Trinajstić information content (AvgIpc) is 3.11. The van der Waals surface area contributed by atoms with E-state index in [0.717, 1.165) is 12.8 Å². The van der Waals surface area contributed by atoms with E-state index in [1.807, 2.05) is 0 Å². The van der Waals surface area contributed by atoms with Crippen molar-refractivity contribution in [2.24, 2.45) is 0 Å². The molecule has 37 heavy (non-hydrogen) atoms. The van der Waals surface area contributed by atoms with E-state index in [-0.39, 0.29) is 36.5 Å². The zero-order valence-electron chi connectivity index (χ0n) is 19.2. The molecule has 16 heteroatoms. The number of alkyl halides is 3. The van der Waals surface area contributed by atoms with Crippen LogP contribution in [-0.2, 0) is 27.2 Å². The maximum Gasteiger partial charge on any atom is 0.523 e. The van der Waals surface area contributed by atoms with E-state index in [9.17, 15) is 41.8 Å². The Morgan fingerprint density at radius 1 is 0.838 bits per heavy atom. The Balaban J connectivity index is 1.70. The van der Waals surface area contributed by atoms with Crippen molar-refractivity contribution in [1.29, 1.82) is 0 Å². The number of nitrogens with zero attached hydrogens (tertiary/aromatic N) is 4. The van der Waals surface area contributed by atoms with Crippen LogP contribution in [0.5, 0.6) is 0 Å². The van der Waals surface area contributed by atoms with Crippen LogP contribution in [0.1, 0.15) is 36.8 Å². The zero-order chi connectivity index (χ0) is 27.0. The molecule has 2 atom stereocenters. The molecule has 0 aromatic heterocycles. The fourth-order valence-corrected chi connectivity index (χ4v) is 8.21. The number of fused-ring (bicyclic) bond motifs is 1. The quantitative estimate of drug-likeness (QED) is 0.183. The summed E-state index contributed by atoms with van der Waals surface area (Å²) in [6, 6.07) is 10.4. The van der Waals surface area contributed by atoms with Crippen molar-refractivity contribution in [3.05, 3.63) is 79.9 Å². The lowest BCUT2D eigenvalue weighted by molar-refractivity contribution is -0.385. The minimum atomic E-state index is -5.94. The number of nitro benzene ring substituents is 2. The van der Waals surface area contributed by atoms with Crippen molar-refractivity contribution in [3.63, 3.8) is 0 Å². The maximum absolute atomic E-state index is 13.3. The third kappa shape index (κ3) is 5.91. The monoisotopic (exact) mass is 562 g/mol. The lowest BCUT2D eigenvalue weighted by Gasteiger charge is -2.31. The predicted octanol–water partition coefficient (Wildman–Crippen LogP) is 5.23. The van der Waals surface area contributed by atoms with Crippen molar-refractivity contribution >= 4 is 29.9 Å². The van der Waals surface area contributed by atoms with Crippen molar-refractivity contribution in [2.45, 2.75) is 56.4 Å². The number of non-ortho nitro benzene ring substituents is 2.